The molecule has 0 spiro atoms. The van der Waals surface area contributed by atoms with Gasteiger partial charge in [-0.1, -0.05) is 48.5 Å². The molecule has 4 N–H and O–H groups in total. The summed E-state index contributed by atoms with van der Waals surface area (Å²) in [5.41, 5.74) is 9.36. The zero-order valence-corrected chi connectivity index (χ0v) is 19.6. The van der Waals surface area contributed by atoms with Gasteiger partial charge in [0.15, 0.2) is 0 Å². The zero-order chi connectivity index (χ0) is 24.9. The first kappa shape index (κ1) is 24.6. The van der Waals surface area contributed by atoms with E-state index >= 15 is 0 Å². The number of anilines is 1. The number of carbonyl (C=O) groups is 1. The van der Waals surface area contributed by atoms with Crippen molar-refractivity contribution in [2.45, 2.75) is 12.5 Å². The summed E-state index contributed by atoms with van der Waals surface area (Å²) in [7, 11) is -2.30. The number of nitrogens with one attached hydrogen (secondary N) is 2. The van der Waals surface area contributed by atoms with E-state index < -0.39 is 22.0 Å². The van der Waals surface area contributed by atoms with Crippen LogP contribution in [0.15, 0.2) is 72.8 Å². The Kier molecular flexibility index (Phi) is 7.46. The normalized spacial score (nSPS) is 12.1. The molecular weight excluding hydrogens is 450 g/mol. The van der Waals surface area contributed by atoms with E-state index in [4.69, 9.17) is 11.1 Å². The van der Waals surface area contributed by atoms with Gasteiger partial charge < -0.3 is 11.1 Å². The second-order valence-corrected chi connectivity index (χ2v) is 9.88. The van der Waals surface area contributed by atoms with Crippen LogP contribution in [0.1, 0.15) is 16.7 Å². The topological polar surface area (TPSA) is 140 Å². The molecule has 34 heavy (non-hydrogen) atoms. The number of amidine groups is 1. The van der Waals surface area contributed by atoms with Gasteiger partial charge in [0.1, 0.15) is 11.9 Å². The van der Waals surface area contributed by atoms with Crippen LogP contribution in [0.4, 0.5) is 5.69 Å². The van der Waals surface area contributed by atoms with Crippen LogP contribution in [-0.4, -0.2) is 43.8 Å². The van der Waals surface area contributed by atoms with E-state index in [-0.39, 0.29) is 12.3 Å². The van der Waals surface area contributed by atoms with Crippen molar-refractivity contribution in [3.05, 3.63) is 89.5 Å². The summed E-state index contributed by atoms with van der Waals surface area (Å²) >= 11 is 0. The number of nitrogens with zero attached hydrogens (tertiary/aromatic N) is 2. The van der Waals surface area contributed by atoms with E-state index in [1.807, 2.05) is 12.1 Å². The van der Waals surface area contributed by atoms with Crippen LogP contribution < -0.4 is 11.1 Å². The first-order valence-corrected chi connectivity index (χ1v) is 12.2. The Morgan fingerprint density at radius 2 is 1.79 bits per heavy atom. The Morgan fingerprint density at radius 1 is 1.12 bits per heavy atom. The van der Waals surface area contributed by atoms with Gasteiger partial charge in [-0.3, -0.25) is 10.2 Å². The number of nitriles is 1. The van der Waals surface area contributed by atoms with Crippen LogP contribution in [0.3, 0.4) is 0 Å². The molecule has 1 atom stereocenters. The minimum atomic E-state index is -3.66. The highest BCUT2D eigenvalue weighted by Crippen LogP contribution is 2.25. The van der Waals surface area contributed by atoms with Crippen LogP contribution in [0.25, 0.3) is 11.1 Å². The summed E-state index contributed by atoms with van der Waals surface area (Å²) in [4.78, 5) is 13.2. The lowest BCUT2D eigenvalue weighted by molar-refractivity contribution is -0.119. The molecule has 0 aliphatic heterocycles. The summed E-state index contributed by atoms with van der Waals surface area (Å²) in [5, 5.41) is 19.7. The quantitative estimate of drug-likeness (QED) is 0.339. The van der Waals surface area contributed by atoms with Crippen molar-refractivity contribution < 1.29 is 13.2 Å². The Morgan fingerprint density at radius 3 is 2.41 bits per heavy atom. The molecule has 3 aromatic carbocycles. The predicted octanol–water partition coefficient (Wildman–Crippen LogP) is 2.95. The van der Waals surface area contributed by atoms with E-state index in [0.717, 1.165) is 21.7 Å². The number of amides is 1. The number of likely N-dealkylation sites (N-methyl/N-ethyl adjacent to an activating group) is 1. The van der Waals surface area contributed by atoms with Crippen LogP contribution in [-0.2, 0) is 21.2 Å². The summed E-state index contributed by atoms with van der Waals surface area (Å²) in [6.07, 6.45) is 1.14. The lowest BCUT2D eigenvalue weighted by Crippen LogP contribution is -2.46. The summed E-state index contributed by atoms with van der Waals surface area (Å²) in [6, 6.07) is 22.2. The van der Waals surface area contributed by atoms with Gasteiger partial charge in [-0.05, 0) is 47.4 Å². The molecule has 8 nitrogen and oxygen atoms in total. The number of carbonyl (C=O) groups excluding carboxylic acids is 1. The Balaban J connectivity index is 1.85. The first-order chi connectivity index (χ1) is 16.1. The smallest absolute Gasteiger partial charge is 0.243 e. The van der Waals surface area contributed by atoms with Crippen molar-refractivity contribution >= 4 is 27.5 Å². The van der Waals surface area contributed by atoms with Gasteiger partial charge in [0, 0.05) is 18.3 Å². The average Bonchev–Trinajstić information content (AvgIpc) is 2.82. The van der Waals surface area contributed by atoms with E-state index in [1.54, 1.807) is 60.7 Å². The molecule has 0 aromatic heterocycles. The van der Waals surface area contributed by atoms with Crippen molar-refractivity contribution in [2.75, 3.05) is 18.6 Å². The minimum Gasteiger partial charge on any atom is -0.384 e. The maximum absolute atomic E-state index is 13.2. The summed E-state index contributed by atoms with van der Waals surface area (Å²) in [5.74, 6) is -0.608. The van der Waals surface area contributed by atoms with E-state index in [0.29, 0.717) is 22.4 Å². The third-order valence-electron chi connectivity index (χ3n) is 5.44. The molecule has 0 aliphatic rings. The fourth-order valence-corrected chi connectivity index (χ4v) is 4.13. The molecule has 174 valence electrons. The van der Waals surface area contributed by atoms with Gasteiger partial charge in [-0.15, -0.1) is 0 Å². The number of hydrogen-bond acceptors (Lipinski definition) is 5. The van der Waals surface area contributed by atoms with Crippen LogP contribution >= 0.6 is 0 Å². The third kappa shape index (κ3) is 5.86. The Bertz CT molecular complexity index is 1360. The maximum Gasteiger partial charge on any atom is 0.243 e. The van der Waals surface area contributed by atoms with Crippen LogP contribution in [0, 0.1) is 16.7 Å². The van der Waals surface area contributed by atoms with Gasteiger partial charge in [-0.25, -0.2) is 8.42 Å². The molecule has 0 radical (unpaired) electrons. The number of nitrogens with two attached hydrogens (primary N) is 1. The highest BCUT2D eigenvalue weighted by atomic mass is 32.2. The van der Waals surface area contributed by atoms with E-state index in [9.17, 15) is 18.5 Å². The van der Waals surface area contributed by atoms with Crippen molar-refractivity contribution in [2.24, 2.45) is 5.73 Å². The van der Waals surface area contributed by atoms with Gasteiger partial charge in [0.2, 0.25) is 15.9 Å². The molecule has 0 saturated carbocycles. The molecule has 3 rings (SSSR count). The largest absolute Gasteiger partial charge is 0.384 e. The van der Waals surface area contributed by atoms with Crippen molar-refractivity contribution in [1.29, 1.82) is 10.7 Å². The van der Waals surface area contributed by atoms with Crippen LogP contribution in [0.5, 0.6) is 0 Å². The second-order valence-electron chi connectivity index (χ2n) is 7.84. The molecular formula is C25H25N5O3S. The number of nitrogen functional groups attached to an aromatic ring is 1. The number of benzene rings is 3. The van der Waals surface area contributed by atoms with E-state index in [1.165, 1.54) is 7.05 Å². The molecule has 0 unspecified atom stereocenters. The lowest BCUT2D eigenvalue weighted by Gasteiger charge is -2.25. The van der Waals surface area contributed by atoms with Gasteiger partial charge in [0.25, 0.3) is 0 Å². The fourth-order valence-electron chi connectivity index (χ4n) is 3.50. The number of hydrogen-bond donors (Lipinski definition) is 3. The highest BCUT2D eigenvalue weighted by molar-refractivity contribution is 7.88. The molecule has 0 fully saturated rings. The predicted molar refractivity (Wildman–Crippen MR) is 133 cm³/mol. The zero-order valence-electron chi connectivity index (χ0n) is 18.8. The summed E-state index contributed by atoms with van der Waals surface area (Å²) in [6.45, 7) is 0. The Hall–Kier alpha value is -4.00. The summed E-state index contributed by atoms with van der Waals surface area (Å²) < 4.78 is 25.5. The van der Waals surface area contributed by atoms with Crippen molar-refractivity contribution in [3.8, 4) is 17.2 Å². The van der Waals surface area contributed by atoms with E-state index in [2.05, 4.69) is 11.4 Å². The fraction of sp³-hybridized carbons (Fsp3) is 0.160. The third-order valence-corrected chi connectivity index (χ3v) is 6.74. The number of sulfonamides is 1. The highest BCUT2D eigenvalue weighted by Gasteiger charge is 2.29. The lowest BCUT2D eigenvalue weighted by atomic mass is 10.00. The van der Waals surface area contributed by atoms with Crippen molar-refractivity contribution in [1.82, 2.24) is 4.31 Å². The Labute approximate surface area is 199 Å². The van der Waals surface area contributed by atoms with Crippen molar-refractivity contribution in [3.63, 3.8) is 0 Å². The monoisotopic (exact) mass is 475 g/mol. The second kappa shape index (κ2) is 10.3. The SMILES string of the molecule is CN([C@@H](Cc1cccc(C(=N)N)c1)C(=O)Nc1ccc(-c2ccccc2C#N)cc1)S(C)(=O)=O. The van der Waals surface area contributed by atoms with Crippen LogP contribution in [0.2, 0.25) is 0 Å². The standard InChI is InChI=1S/C25H25N5O3S/c1-30(34(2,32)33)23(15-17-6-5-8-19(14-17)24(27)28)25(31)29-21-12-10-18(11-13-21)22-9-4-3-7-20(22)16-26/h3-14,23H,15H2,1-2H3,(H3,27,28)(H,29,31)/t23-/m0/s1. The molecule has 0 heterocycles. The molecule has 0 bridgehead atoms. The van der Waals surface area contributed by atoms with Gasteiger partial charge in [0.05, 0.1) is 17.9 Å². The minimum absolute atomic E-state index is 0.101. The average molecular weight is 476 g/mol. The maximum atomic E-state index is 13.2. The number of rotatable bonds is 8. The molecule has 1 amide bonds. The molecule has 9 heteroatoms. The first-order valence-electron chi connectivity index (χ1n) is 10.4. The van der Waals surface area contributed by atoms with Gasteiger partial charge >= 0.3 is 0 Å². The van der Waals surface area contributed by atoms with Gasteiger partial charge in [-0.2, -0.15) is 9.57 Å². The molecule has 0 aliphatic carbocycles. The molecule has 0 saturated heterocycles. The molecule has 3 aromatic rings.